The van der Waals surface area contributed by atoms with Gasteiger partial charge in [0.2, 0.25) is 0 Å². The minimum absolute atomic E-state index is 0.0930. The zero-order valence-corrected chi connectivity index (χ0v) is 25.2. The van der Waals surface area contributed by atoms with Gasteiger partial charge in [-0.3, -0.25) is 15.0 Å². The van der Waals surface area contributed by atoms with E-state index in [2.05, 4.69) is 15.5 Å². The number of rotatable bonds is 4. The fraction of sp³-hybridized carbons (Fsp3) is 0.613. The fourth-order valence-electron chi connectivity index (χ4n) is 8.65. The summed E-state index contributed by atoms with van der Waals surface area (Å²) in [5, 5.41) is 16.2. The number of amides is 3. The molecule has 11 nitrogen and oxygen atoms in total. The first-order chi connectivity index (χ1) is 21.2. The number of halogens is 2. The number of anilines is 1. The van der Waals surface area contributed by atoms with Crippen LogP contribution < -0.4 is 20.3 Å². The third-order valence-electron chi connectivity index (χ3n) is 10.7. The lowest BCUT2D eigenvalue weighted by Gasteiger charge is -2.44. The number of aromatic hydroxyl groups is 1. The summed E-state index contributed by atoms with van der Waals surface area (Å²) in [7, 11) is 0. The van der Waals surface area contributed by atoms with E-state index in [0.29, 0.717) is 56.2 Å². The number of fused-ring (bicyclic) bond motifs is 4. The Morgan fingerprint density at radius 3 is 2.84 bits per heavy atom. The van der Waals surface area contributed by atoms with Crippen LogP contribution >= 0.6 is 11.6 Å². The summed E-state index contributed by atoms with van der Waals surface area (Å²) >= 11 is 6.58. The van der Waals surface area contributed by atoms with Crippen LogP contribution in [-0.4, -0.2) is 81.9 Å². The second-order valence-electron chi connectivity index (χ2n) is 13.4. The summed E-state index contributed by atoms with van der Waals surface area (Å²) in [6.07, 6.45) is 5.49. The maximum Gasteiger partial charge on any atom is 0.322 e. The van der Waals surface area contributed by atoms with Gasteiger partial charge < -0.3 is 24.8 Å². The molecular weight excluding hydrogens is 591 g/mol. The Morgan fingerprint density at radius 1 is 1.14 bits per heavy atom. The van der Waals surface area contributed by atoms with Crippen LogP contribution in [0.3, 0.4) is 0 Å². The average molecular weight is 627 g/mol. The summed E-state index contributed by atoms with van der Waals surface area (Å²) in [5.74, 6) is 0.378. The third-order valence-corrected chi connectivity index (χ3v) is 11.0. The van der Waals surface area contributed by atoms with E-state index in [9.17, 15) is 19.1 Å². The monoisotopic (exact) mass is 626 g/mol. The Balaban J connectivity index is 1.17. The van der Waals surface area contributed by atoms with E-state index < -0.39 is 23.3 Å². The van der Waals surface area contributed by atoms with E-state index >= 15 is 0 Å². The van der Waals surface area contributed by atoms with Gasteiger partial charge in [-0.1, -0.05) is 11.6 Å². The molecule has 2 unspecified atom stereocenters. The highest BCUT2D eigenvalue weighted by molar-refractivity contribution is 6.31. The molecule has 2 aromatic rings. The molecule has 44 heavy (non-hydrogen) atoms. The highest BCUT2D eigenvalue weighted by Crippen LogP contribution is 2.49. The quantitative estimate of drug-likeness (QED) is 0.438. The summed E-state index contributed by atoms with van der Waals surface area (Å²) in [6, 6.07) is 3.05. The van der Waals surface area contributed by atoms with Gasteiger partial charge in [0.15, 0.2) is 0 Å². The Kier molecular flexibility index (Phi) is 6.52. The molecule has 234 valence electrons. The Hall–Kier alpha value is -3.22. The molecule has 6 aliphatic rings. The lowest BCUT2D eigenvalue weighted by Crippen LogP contribution is -2.59. The van der Waals surface area contributed by atoms with Crippen molar-refractivity contribution >= 4 is 29.4 Å². The van der Waals surface area contributed by atoms with E-state index in [0.717, 1.165) is 61.0 Å². The van der Waals surface area contributed by atoms with E-state index in [4.69, 9.17) is 31.0 Å². The second-order valence-corrected chi connectivity index (χ2v) is 13.8. The SMILES string of the molecule is O=C1NC(=O)[C@]2(CCCN(c3nc(OC[C@@]45CCCN4CC(F)C5)nc4c3COC3(CCCc5c(Cl)cc(O)cc53)C4)C2)N1. The van der Waals surface area contributed by atoms with Crippen molar-refractivity contribution in [3.05, 3.63) is 39.5 Å². The minimum Gasteiger partial charge on any atom is -0.508 e. The van der Waals surface area contributed by atoms with Gasteiger partial charge >= 0.3 is 12.0 Å². The Bertz CT molecular complexity index is 1560. The maximum absolute atomic E-state index is 14.5. The zero-order valence-electron chi connectivity index (χ0n) is 24.5. The van der Waals surface area contributed by atoms with Crippen LogP contribution in [0.25, 0.3) is 0 Å². The molecule has 0 radical (unpaired) electrons. The van der Waals surface area contributed by atoms with Crippen LogP contribution in [0.4, 0.5) is 15.0 Å². The first-order valence-electron chi connectivity index (χ1n) is 15.6. The van der Waals surface area contributed by atoms with Gasteiger partial charge in [0.1, 0.15) is 29.9 Å². The molecule has 1 aromatic carbocycles. The van der Waals surface area contributed by atoms with Crippen molar-refractivity contribution in [3.63, 3.8) is 0 Å². The number of benzene rings is 1. The van der Waals surface area contributed by atoms with Gasteiger partial charge in [0, 0.05) is 36.5 Å². The number of imide groups is 1. The normalized spacial score (nSPS) is 32.9. The van der Waals surface area contributed by atoms with Crippen molar-refractivity contribution in [1.82, 2.24) is 25.5 Å². The number of piperidine rings is 1. The number of hydrogen-bond donors (Lipinski definition) is 3. The Labute approximate surface area is 259 Å². The lowest BCUT2D eigenvalue weighted by molar-refractivity contribution is -0.124. The molecule has 6 heterocycles. The number of carbonyl (C=O) groups is 2. The molecule has 0 saturated carbocycles. The predicted octanol–water partition coefficient (Wildman–Crippen LogP) is 3.27. The number of aromatic nitrogens is 2. The molecule has 3 amide bonds. The second kappa shape index (κ2) is 10.1. The van der Waals surface area contributed by atoms with Crippen molar-refractivity contribution in [2.45, 2.75) is 87.2 Å². The average Bonchev–Trinajstić information content (AvgIpc) is 3.60. The molecule has 1 aliphatic carbocycles. The smallest absolute Gasteiger partial charge is 0.322 e. The molecule has 4 fully saturated rings. The zero-order chi connectivity index (χ0) is 30.3. The Morgan fingerprint density at radius 2 is 2.00 bits per heavy atom. The molecule has 1 aromatic heterocycles. The number of nitrogens with zero attached hydrogens (tertiary/aromatic N) is 4. The molecule has 13 heteroatoms. The number of phenolic OH excluding ortho intramolecular Hbond substituents is 1. The molecule has 8 rings (SSSR count). The lowest BCUT2D eigenvalue weighted by atomic mass is 9.74. The summed E-state index contributed by atoms with van der Waals surface area (Å²) in [5.41, 5.74) is 1.33. The van der Waals surface area contributed by atoms with Gasteiger partial charge in [0.25, 0.3) is 5.91 Å². The summed E-state index contributed by atoms with van der Waals surface area (Å²) in [6.45, 7) is 2.69. The number of nitrogens with one attached hydrogen (secondary N) is 2. The third kappa shape index (κ3) is 4.43. The van der Waals surface area contributed by atoms with Crippen LogP contribution in [0.1, 0.15) is 67.3 Å². The molecule has 5 aliphatic heterocycles. The van der Waals surface area contributed by atoms with Crippen LogP contribution in [0.15, 0.2) is 12.1 Å². The van der Waals surface area contributed by atoms with Crippen molar-refractivity contribution in [2.24, 2.45) is 0 Å². The predicted molar refractivity (Wildman–Crippen MR) is 158 cm³/mol. The number of carbonyl (C=O) groups excluding carboxylic acids is 2. The van der Waals surface area contributed by atoms with Crippen LogP contribution in [0.2, 0.25) is 5.02 Å². The molecule has 4 atom stereocenters. The highest BCUT2D eigenvalue weighted by Gasteiger charge is 2.51. The number of ether oxygens (including phenoxy) is 2. The van der Waals surface area contributed by atoms with Crippen molar-refractivity contribution in [3.8, 4) is 11.8 Å². The number of alkyl halides is 1. The first kappa shape index (κ1) is 28.3. The number of phenols is 1. The van der Waals surface area contributed by atoms with Gasteiger partial charge in [-0.05, 0) is 74.8 Å². The van der Waals surface area contributed by atoms with Crippen LogP contribution in [-0.2, 0) is 34.6 Å². The molecule has 4 saturated heterocycles. The minimum atomic E-state index is -1.04. The van der Waals surface area contributed by atoms with Gasteiger partial charge in [-0.25, -0.2) is 9.18 Å². The number of hydrogen-bond acceptors (Lipinski definition) is 9. The molecule has 0 bridgehead atoms. The van der Waals surface area contributed by atoms with Gasteiger partial charge in [0.05, 0.1) is 30.0 Å². The topological polar surface area (TPSA) is 129 Å². The summed E-state index contributed by atoms with van der Waals surface area (Å²) in [4.78, 5) is 39.1. The van der Waals surface area contributed by atoms with Crippen molar-refractivity contribution in [1.29, 1.82) is 0 Å². The molecule has 2 spiro atoms. The molecule has 3 N–H and O–H groups in total. The summed E-state index contributed by atoms with van der Waals surface area (Å²) < 4.78 is 27.6. The van der Waals surface area contributed by atoms with E-state index in [1.807, 2.05) is 4.90 Å². The van der Waals surface area contributed by atoms with Crippen LogP contribution in [0, 0.1) is 0 Å². The first-order valence-corrected chi connectivity index (χ1v) is 16.0. The standard InChI is InChI=1S/C31H36ClFN6O5/c32-23-11-19(40)10-22-20(23)4-1-7-31(22)13-24-21(15-44-31)25(38-8-3-6-30(16-38)26(41)36-27(42)37-30)35-28(34-24)43-17-29-5-2-9-39(29)14-18(33)12-29/h10-11,18,40H,1-9,12-17H2,(H2,36,37,41,42)/t18?,29-,30+,31?/m0/s1. The maximum atomic E-state index is 14.5. The van der Waals surface area contributed by atoms with E-state index in [-0.39, 0.29) is 36.4 Å². The van der Waals surface area contributed by atoms with E-state index in [1.54, 1.807) is 12.1 Å². The van der Waals surface area contributed by atoms with Gasteiger partial charge in [-0.2, -0.15) is 9.97 Å². The van der Waals surface area contributed by atoms with Crippen molar-refractivity contribution in [2.75, 3.05) is 37.7 Å². The van der Waals surface area contributed by atoms with Crippen LogP contribution in [0.5, 0.6) is 11.8 Å². The van der Waals surface area contributed by atoms with Gasteiger partial charge in [-0.15, -0.1) is 0 Å². The fourth-order valence-corrected chi connectivity index (χ4v) is 8.96. The molecular formula is C31H36ClFN6O5. The van der Waals surface area contributed by atoms with Crippen molar-refractivity contribution < 1.29 is 28.6 Å². The van der Waals surface area contributed by atoms with E-state index in [1.165, 1.54) is 0 Å². The largest absolute Gasteiger partial charge is 0.508 e. The highest BCUT2D eigenvalue weighted by atomic mass is 35.5. The number of urea groups is 1.